The lowest BCUT2D eigenvalue weighted by Crippen LogP contribution is -2.24. The zero-order valence-electron chi connectivity index (χ0n) is 11.3. The lowest BCUT2D eigenvalue weighted by atomic mass is 10.2. The van der Waals surface area contributed by atoms with Crippen molar-refractivity contribution in [3.8, 4) is 0 Å². The molecule has 0 unspecified atom stereocenters. The lowest BCUT2D eigenvalue weighted by Gasteiger charge is -2.06. The first-order valence-electron chi connectivity index (χ1n) is 6.38. The minimum atomic E-state index is -0.256. The van der Waals surface area contributed by atoms with Crippen LogP contribution < -0.4 is 10.6 Å². The molecule has 21 heavy (non-hydrogen) atoms. The normalized spacial score (nSPS) is 9.95. The maximum absolute atomic E-state index is 12.0. The standard InChI is InChI=1S/C15H15ClN4O/c1-2-7-17-14-8-13(19-10-20-14)15(21)18-9-11-3-5-12(16)6-4-11/h2-6,8,10H,1,7,9H2,(H,18,21)(H,17,19,20). The van der Waals surface area contributed by atoms with E-state index in [1.165, 1.54) is 6.33 Å². The summed E-state index contributed by atoms with van der Waals surface area (Å²) in [6, 6.07) is 8.89. The Morgan fingerprint density at radius 1 is 1.29 bits per heavy atom. The molecule has 0 saturated carbocycles. The van der Waals surface area contributed by atoms with E-state index < -0.39 is 0 Å². The molecule has 0 atom stereocenters. The third kappa shape index (κ3) is 4.57. The summed E-state index contributed by atoms with van der Waals surface area (Å²) in [7, 11) is 0. The zero-order chi connectivity index (χ0) is 15.1. The molecule has 0 aliphatic carbocycles. The molecular weight excluding hydrogens is 288 g/mol. The number of carbonyl (C=O) groups is 1. The molecule has 5 nitrogen and oxygen atoms in total. The molecule has 108 valence electrons. The molecule has 6 heteroatoms. The van der Waals surface area contributed by atoms with E-state index in [1.807, 2.05) is 12.1 Å². The van der Waals surface area contributed by atoms with Crippen molar-refractivity contribution in [1.82, 2.24) is 15.3 Å². The summed E-state index contributed by atoms with van der Waals surface area (Å²) in [5.74, 6) is 0.329. The Morgan fingerprint density at radius 2 is 2.05 bits per heavy atom. The van der Waals surface area contributed by atoms with Crippen LogP contribution in [0.5, 0.6) is 0 Å². The quantitative estimate of drug-likeness (QED) is 0.805. The van der Waals surface area contributed by atoms with Crippen molar-refractivity contribution in [2.24, 2.45) is 0 Å². The van der Waals surface area contributed by atoms with Gasteiger partial charge in [-0.3, -0.25) is 4.79 Å². The maximum Gasteiger partial charge on any atom is 0.270 e. The molecule has 0 spiro atoms. The maximum atomic E-state index is 12.0. The van der Waals surface area contributed by atoms with Crippen LogP contribution in [0, 0.1) is 0 Å². The fraction of sp³-hybridized carbons (Fsp3) is 0.133. The topological polar surface area (TPSA) is 66.9 Å². The number of aromatic nitrogens is 2. The average Bonchev–Trinajstić information content (AvgIpc) is 2.52. The second-order valence-corrected chi connectivity index (χ2v) is 4.70. The molecule has 2 rings (SSSR count). The Hall–Kier alpha value is -2.40. The van der Waals surface area contributed by atoms with Gasteiger partial charge in [0.2, 0.25) is 0 Å². The van der Waals surface area contributed by atoms with Crippen LogP contribution in [-0.2, 0) is 6.54 Å². The third-order valence-electron chi connectivity index (χ3n) is 2.69. The van der Waals surface area contributed by atoms with E-state index in [-0.39, 0.29) is 5.91 Å². The minimum absolute atomic E-state index is 0.256. The van der Waals surface area contributed by atoms with Gasteiger partial charge >= 0.3 is 0 Å². The highest BCUT2D eigenvalue weighted by molar-refractivity contribution is 6.30. The largest absolute Gasteiger partial charge is 0.366 e. The smallest absolute Gasteiger partial charge is 0.270 e. The molecule has 0 radical (unpaired) electrons. The number of rotatable bonds is 6. The molecule has 0 fully saturated rings. The fourth-order valence-corrected chi connectivity index (χ4v) is 1.76. The van der Waals surface area contributed by atoms with E-state index in [4.69, 9.17) is 11.6 Å². The Balaban J connectivity index is 1.96. The van der Waals surface area contributed by atoms with Gasteiger partial charge in [0.05, 0.1) is 0 Å². The first-order chi connectivity index (χ1) is 10.2. The van der Waals surface area contributed by atoms with Crippen molar-refractivity contribution in [2.75, 3.05) is 11.9 Å². The summed E-state index contributed by atoms with van der Waals surface area (Å²) >= 11 is 5.81. The van der Waals surface area contributed by atoms with Gasteiger partial charge in [0.25, 0.3) is 5.91 Å². The van der Waals surface area contributed by atoms with Crippen LogP contribution in [0.15, 0.2) is 49.3 Å². The summed E-state index contributed by atoms with van der Waals surface area (Å²) in [6.07, 6.45) is 3.06. The number of carbonyl (C=O) groups excluding carboxylic acids is 1. The molecule has 0 bridgehead atoms. The van der Waals surface area contributed by atoms with Gasteiger partial charge in [-0.1, -0.05) is 29.8 Å². The van der Waals surface area contributed by atoms with Gasteiger partial charge in [0, 0.05) is 24.2 Å². The van der Waals surface area contributed by atoms with E-state index in [0.717, 1.165) is 5.56 Å². The van der Waals surface area contributed by atoms with E-state index in [0.29, 0.717) is 29.6 Å². The SMILES string of the molecule is C=CCNc1cc(C(=O)NCc2ccc(Cl)cc2)ncn1. The van der Waals surface area contributed by atoms with Crippen LogP contribution in [0.2, 0.25) is 5.02 Å². The molecular formula is C15H15ClN4O. The molecule has 1 aromatic heterocycles. The van der Waals surface area contributed by atoms with Crippen LogP contribution in [0.3, 0.4) is 0 Å². The Kier molecular flexibility index (Phi) is 5.29. The second-order valence-electron chi connectivity index (χ2n) is 4.27. The highest BCUT2D eigenvalue weighted by atomic mass is 35.5. The van der Waals surface area contributed by atoms with Gasteiger partial charge < -0.3 is 10.6 Å². The highest BCUT2D eigenvalue weighted by Gasteiger charge is 2.08. The lowest BCUT2D eigenvalue weighted by molar-refractivity contribution is 0.0946. The minimum Gasteiger partial charge on any atom is -0.366 e. The molecule has 1 heterocycles. The molecule has 2 N–H and O–H groups in total. The molecule has 2 aromatic rings. The number of halogens is 1. The molecule has 1 amide bonds. The Labute approximate surface area is 128 Å². The summed E-state index contributed by atoms with van der Waals surface area (Å²) in [6.45, 7) is 4.59. The summed E-state index contributed by atoms with van der Waals surface area (Å²) in [5.41, 5.74) is 1.28. The van der Waals surface area contributed by atoms with Crippen LogP contribution in [0.25, 0.3) is 0 Å². The van der Waals surface area contributed by atoms with E-state index in [2.05, 4.69) is 27.2 Å². The fourth-order valence-electron chi connectivity index (χ4n) is 1.63. The highest BCUT2D eigenvalue weighted by Crippen LogP contribution is 2.09. The second kappa shape index (κ2) is 7.40. The van der Waals surface area contributed by atoms with Crippen molar-refractivity contribution < 1.29 is 4.79 Å². The van der Waals surface area contributed by atoms with Gasteiger partial charge in [-0.05, 0) is 17.7 Å². The van der Waals surface area contributed by atoms with E-state index in [1.54, 1.807) is 24.3 Å². The van der Waals surface area contributed by atoms with Crippen LogP contribution in [0.1, 0.15) is 16.1 Å². The molecule has 1 aromatic carbocycles. The number of amides is 1. The summed E-state index contributed by atoms with van der Waals surface area (Å²) < 4.78 is 0. The first kappa shape index (κ1) is 15.0. The van der Waals surface area contributed by atoms with Crippen LogP contribution in [-0.4, -0.2) is 22.4 Å². The Morgan fingerprint density at radius 3 is 2.76 bits per heavy atom. The number of benzene rings is 1. The van der Waals surface area contributed by atoms with Crippen LogP contribution in [0.4, 0.5) is 5.82 Å². The number of hydrogen-bond donors (Lipinski definition) is 2. The van der Waals surface area contributed by atoms with Gasteiger partial charge in [0.1, 0.15) is 17.8 Å². The van der Waals surface area contributed by atoms with Crippen LogP contribution >= 0.6 is 11.6 Å². The number of nitrogens with one attached hydrogen (secondary N) is 2. The summed E-state index contributed by atoms with van der Waals surface area (Å²) in [4.78, 5) is 20.0. The number of anilines is 1. The Bertz CT molecular complexity index is 628. The zero-order valence-corrected chi connectivity index (χ0v) is 12.1. The van der Waals surface area contributed by atoms with Gasteiger partial charge in [0.15, 0.2) is 0 Å². The number of hydrogen-bond acceptors (Lipinski definition) is 4. The van der Waals surface area contributed by atoms with Gasteiger partial charge in [-0.25, -0.2) is 9.97 Å². The monoisotopic (exact) mass is 302 g/mol. The van der Waals surface area contributed by atoms with E-state index >= 15 is 0 Å². The molecule has 0 aliphatic heterocycles. The molecule has 0 saturated heterocycles. The van der Waals surface area contributed by atoms with E-state index in [9.17, 15) is 4.79 Å². The van der Waals surface area contributed by atoms with Crippen molar-refractivity contribution in [3.63, 3.8) is 0 Å². The van der Waals surface area contributed by atoms with Crippen molar-refractivity contribution in [2.45, 2.75) is 6.54 Å². The van der Waals surface area contributed by atoms with Crippen molar-refractivity contribution >= 4 is 23.3 Å². The molecule has 0 aliphatic rings. The number of nitrogens with zero attached hydrogens (tertiary/aromatic N) is 2. The van der Waals surface area contributed by atoms with Crippen molar-refractivity contribution in [3.05, 3.63) is 65.6 Å². The predicted molar refractivity (Wildman–Crippen MR) is 83.3 cm³/mol. The third-order valence-corrected chi connectivity index (χ3v) is 2.95. The average molecular weight is 303 g/mol. The van der Waals surface area contributed by atoms with Gasteiger partial charge in [-0.2, -0.15) is 0 Å². The summed E-state index contributed by atoms with van der Waals surface area (Å²) in [5, 5.41) is 6.47. The predicted octanol–water partition coefficient (Wildman–Crippen LogP) is 2.66. The van der Waals surface area contributed by atoms with Gasteiger partial charge in [-0.15, -0.1) is 6.58 Å². The van der Waals surface area contributed by atoms with Crippen molar-refractivity contribution in [1.29, 1.82) is 0 Å². The first-order valence-corrected chi connectivity index (χ1v) is 6.76.